The molecule has 144 valence electrons. The van der Waals surface area contributed by atoms with Crippen LogP contribution in [-0.2, 0) is 0 Å². The van der Waals surface area contributed by atoms with Gasteiger partial charge in [0.1, 0.15) is 11.9 Å². The lowest BCUT2D eigenvalue weighted by Gasteiger charge is -2.11. The van der Waals surface area contributed by atoms with Crippen molar-refractivity contribution in [3.63, 3.8) is 0 Å². The van der Waals surface area contributed by atoms with Gasteiger partial charge in [-0.25, -0.2) is 15.0 Å². The fourth-order valence-electron chi connectivity index (χ4n) is 4.55. The van der Waals surface area contributed by atoms with Crippen LogP contribution >= 0.6 is 0 Å². The topological polar surface area (TPSA) is 51.8 Å². The average Bonchev–Trinajstić information content (AvgIpc) is 3.10. The van der Waals surface area contributed by atoms with Gasteiger partial charge < -0.3 is 4.42 Å². The molecular weight excluding hydrogens is 370 g/mol. The van der Waals surface area contributed by atoms with Gasteiger partial charge in [-0.15, -0.1) is 0 Å². The summed E-state index contributed by atoms with van der Waals surface area (Å²) in [6.45, 7) is 6.24. The van der Waals surface area contributed by atoms with Crippen LogP contribution in [0.4, 0.5) is 0 Å². The van der Waals surface area contributed by atoms with Gasteiger partial charge in [0.15, 0.2) is 0 Å². The van der Waals surface area contributed by atoms with Gasteiger partial charge in [0.2, 0.25) is 5.71 Å². The number of para-hydroxylation sites is 1. The van der Waals surface area contributed by atoms with Crippen molar-refractivity contribution in [1.29, 1.82) is 0 Å². The van der Waals surface area contributed by atoms with Crippen LogP contribution in [0.15, 0.2) is 65.3 Å². The molecular formula is C26H19N3O. The van der Waals surface area contributed by atoms with E-state index in [-0.39, 0.29) is 0 Å². The van der Waals surface area contributed by atoms with Crippen LogP contribution in [0.3, 0.4) is 0 Å². The number of hydrogen-bond acceptors (Lipinski definition) is 4. The molecule has 6 rings (SSSR count). The van der Waals surface area contributed by atoms with E-state index < -0.39 is 0 Å². The summed E-state index contributed by atoms with van der Waals surface area (Å²) in [5.41, 5.74) is 7.69. The van der Waals surface area contributed by atoms with Gasteiger partial charge in [0.05, 0.1) is 11.2 Å². The van der Waals surface area contributed by atoms with E-state index in [0.717, 1.165) is 44.2 Å². The van der Waals surface area contributed by atoms with Gasteiger partial charge in [-0.1, -0.05) is 35.9 Å². The summed E-state index contributed by atoms with van der Waals surface area (Å²) in [6, 6.07) is 19.0. The minimum Gasteiger partial charge on any atom is -0.437 e. The van der Waals surface area contributed by atoms with E-state index in [1.807, 2.05) is 13.0 Å². The third-order valence-electron chi connectivity index (χ3n) is 5.82. The van der Waals surface area contributed by atoms with E-state index in [2.05, 4.69) is 77.3 Å². The molecule has 4 nitrogen and oxygen atoms in total. The number of aromatic nitrogens is 3. The molecule has 3 aromatic carbocycles. The first kappa shape index (κ1) is 17.1. The zero-order chi connectivity index (χ0) is 20.4. The van der Waals surface area contributed by atoms with Gasteiger partial charge in [-0.2, -0.15) is 0 Å². The highest BCUT2D eigenvalue weighted by Crippen LogP contribution is 2.38. The number of hydrogen-bond donors (Lipinski definition) is 0. The summed E-state index contributed by atoms with van der Waals surface area (Å²) < 4.78 is 6.22. The molecule has 30 heavy (non-hydrogen) atoms. The van der Waals surface area contributed by atoms with E-state index in [1.54, 1.807) is 6.33 Å². The Hall–Kier alpha value is -3.79. The molecule has 3 aromatic heterocycles. The second-order valence-electron chi connectivity index (χ2n) is 7.95. The summed E-state index contributed by atoms with van der Waals surface area (Å²) in [6.07, 6.45) is 1.65. The fourth-order valence-corrected chi connectivity index (χ4v) is 4.55. The summed E-state index contributed by atoms with van der Waals surface area (Å²) in [7, 11) is 0. The van der Waals surface area contributed by atoms with Crippen molar-refractivity contribution in [3.05, 3.63) is 77.7 Å². The predicted octanol–water partition coefficient (Wildman–Crippen LogP) is 6.67. The number of fused-ring (bicyclic) bond motifs is 6. The Morgan fingerprint density at radius 2 is 1.67 bits per heavy atom. The molecule has 0 spiro atoms. The normalized spacial score (nSPS) is 11.8. The molecule has 0 saturated heterocycles. The van der Waals surface area contributed by atoms with E-state index in [4.69, 9.17) is 4.42 Å². The molecule has 6 aromatic rings. The van der Waals surface area contributed by atoms with Crippen LogP contribution < -0.4 is 0 Å². The first-order chi connectivity index (χ1) is 14.6. The van der Waals surface area contributed by atoms with Gasteiger partial charge in [0, 0.05) is 32.8 Å². The number of benzene rings is 3. The first-order valence-corrected chi connectivity index (χ1v) is 10.0. The maximum Gasteiger partial charge on any atom is 0.227 e. The van der Waals surface area contributed by atoms with Crippen molar-refractivity contribution in [3.8, 4) is 11.3 Å². The zero-order valence-corrected chi connectivity index (χ0v) is 17.0. The molecule has 0 amide bonds. The van der Waals surface area contributed by atoms with Crippen LogP contribution in [0.25, 0.3) is 55.0 Å². The molecule has 0 atom stereocenters. The van der Waals surface area contributed by atoms with Crippen molar-refractivity contribution in [2.45, 2.75) is 20.8 Å². The second-order valence-corrected chi connectivity index (χ2v) is 7.95. The van der Waals surface area contributed by atoms with Gasteiger partial charge in [-0.3, -0.25) is 0 Å². The molecule has 3 heterocycles. The minimum absolute atomic E-state index is 0.660. The Labute approximate surface area is 173 Å². The molecule has 0 N–H and O–H groups in total. The number of pyridine rings is 1. The van der Waals surface area contributed by atoms with Crippen LogP contribution in [0, 0.1) is 20.8 Å². The van der Waals surface area contributed by atoms with E-state index in [9.17, 15) is 0 Å². The Kier molecular flexibility index (Phi) is 3.48. The van der Waals surface area contributed by atoms with Gasteiger partial charge in [0.25, 0.3) is 0 Å². The zero-order valence-electron chi connectivity index (χ0n) is 17.0. The Morgan fingerprint density at radius 1 is 0.800 bits per heavy atom. The lowest BCUT2D eigenvalue weighted by molar-refractivity contribution is 0.653. The van der Waals surface area contributed by atoms with E-state index in [0.29, 0.717) is 5.71 Å². The maximum absolute atomic E-state index is 6.22. The highest BCUT2D eigenvalue weighted by atomic mass is 16.3. The molecule has 0 fully saturated rings. The number of aryl methyl sites for hydroxylation is 3. The first-order valence-electron chi connectivity index (χ1n) is 10.0. The number of nitrogens with zero attached hydrogens (tertiary/aromatic N) is 3. The van der Waals surface area contributed by atoms with Gasteiger partial charge >= 0.3 is 0 Å². The van der Waals surface area contributed by atoms with Crippen LogP contribution in [-0.4, -0.2) is 15.0 Å². The summed E-state index contributed by atoms with van der Waals surface area (Å²) in [5.74, 6) is 0. The highest BCUT2D eigenvalue weighted by Gasteiger charge is 2.17. The van der Waals surface area contributed by atoms with E-state index in [1.165, 1.54) is 21.9 Å². The third-order valence-corrected chi connectivity index (χ3v) is 5.82. The third kappa shape index (κ3) is 2.37. The largest absolute Gasteiger partial charge is 0.437 e. The molecule has 0 aliphatic carbocycles. The SMILES string of the molecule is Cc1cc(C)c2c(ccc3c(-c4cccc5c4oc4nc(C)ccc45)ncnc32)c1. The standard InChI is InChI=1S/C26H19N3O/c1-14-11-15(2)22-17(12-14)8-10-20-23(27-13-28-24(20)22)21-6-4-5-18-19-9-7-16(3)29-26(19)30-25(18)21/h4-13H,1-3H3. The quantitative estimate of drug-likeness (QED) is 0.295. The van der Waals surface area contributed by atoms with Crippen LogP contribution in [0.1, 0.15) is 16.8 Å². The smallest absolute Gasteiger partial charge is 0.227 e. The highest BCUT2D eigenvalue weighted by molar-refractivity contribution is 6.14. The van der Waals surface area contributed by atoms with Crippen molar-refractivity contribution in [1.82, 2.24) is 15.0 Å². The summed E-state index contributed by atoms with van der Waals surface area (Å²) >= 11 is 0. The molecule has 0 radical (unpaired) electrons. The second kappa shape index (κ2) is 6.10. The van der Waals surface area contributed by atoms with Crippen LogP contribution in [0.2, 0.25) is 0 Å². The maximum atomic E-state index is 6.22. The van der Waals surface area contributed by atoms with Crippen molar-refractivity contribution in [2.75, 3.05) is 0 Å². The number of rotatable bonds is 1. The summed E-state index contributed by atoms with van der Waals surface area (Å²) in [4.78, 5) is 13.9. The van der Waals surface area contributed by atoms with Crippen molar-refractivity contribution < 1.29 is 4.42 Å². The molecule has 0 bridgehead atoms. The molecule has 0 aliphatic heterocycles. The number of furan rings is 1. The molecule has 0 saturated carbocycles. The Bertz CT molecular complexity index is 1630. The van der Waals surface area contributed by atoms with E-state index >= 15 is 0 Å². The van der Waals surface area contributed by atoms with Gasteiger partial charge in [-0.05, 0) is 56.0 Å². The summed E-state index contributed by atoms with van der Waals surface area (Å²) in [5, 5.41) is 5.47. The van der Waals surface area contributed by atoms with Crippen LogP contribution in [0.5, 0.6) is 0 Å². The lowest BCUT2D eigenvalue weighted by Crippen LogP contribution is -1.92. The minimum atomic E-state index is 0.660. The predicted molar refractivity (Wildman–Crippen MR) is 122 cm³/mol. The fraction of sp³-hybridized carbons (Fsp3) is 0.115. The average molecular weight is 389 g/mol. The Morgan fingerprint density at radius 3 is 2.57 bits per heavy atom. The molecule has 4 heteroatoms. The molecule has 0 unspecified atom stereocenters. The van der Waals surface area contributed by atoms with Crippen molar-refractivity contribution >= 4 is 43.7 Å². The lowest BCUT2D eigenvalue weighted by atomic mass is 9.97. The van der Waals surface area contributed by atoms with Crippen molar-refractivity contribution in [2.24, 2.45) is 0 Å². The monoisotopic (exact) mass is 389 g/mol. The Balaban J connectivity index is 1.72. The molecule has 0 aliphatic rings.